The van der Waals surface area contributed by atoms with Crippen molar-refractivity contribution < 1.29 is 26.4 Å². The fourth-order valence-electron chi connectivity index (χ4n) is 4.92. The second-order valence-electron chi connectivity index (χ2n) is 9.86. The third kappa shape index (κ3) is 5.04. The molecule has 0 atom stereocenters. The summed E-state index contributed by atoms with van der Waals surface area (Å²) in [5, 5.41) is 7.03. The molecule has 4 aromatic rings. The molecule has 1 aliphatic heterocycles. The van der Waals surface area contributed by atoms with Crippen LogP contribution in [0.1, 0.15) is 37.3 Å². The molecule has 0 bridgehead atoms. The Kier molecular flexibility index (Phi) is 6.96. The molecule has 1 saturated carbocycles. The Morgan fingerprint density at radius 1 is 1.07 bits per heavy atom. The number of imidazole rings is 1. The van der Waals surface area contributed by atoms with Gasteiger partial charge >= 0.3 is 16.6 Å². The van der Waals surface area contributed by atoms with Crippen molar-refractivity contribution in [3.8, 4) is 11.5 Å². The summed E-state index contributed by atoms with van der Waals surface area (Å²) in [5.74, 6) is -0.634. The molecule has 6 rings (SSSR count). The van der Waals surface area contributed by atoms with Gasteiger partial charge in [-0.15, -0.1) is 10.2 Å². The molecule has 2 fully saturated rings. The minimum Gasteiger partial charge on any atom is -0.415 e. The quantitative estimate of drug-likeness (QED) is 0.318. The number of fused-ring (bicyclic) bond motifs is 1. The number of hydrogen-bond donors (Lipinski definition) is 0. The lowest BCUT2D eigenvalue weighted by atomic mass is 9.84. The van der Waals surface area contributed by atoms with E-state index < -0.39 is 22.5 Å². The first-order valence-corrected chi connectivity index (χ1v) is 14.4. The zero-order valence-corrected chi connectivity index (χ0v) is 22.3. The summed E-state index contributed by atoms with van der Waals surface area (Å²) < 4.78 is 63.0. The highest BCUT2D eigenvalue weighted by atomic mass is 32.2. The Morgan fingerprint density at radius 3 is 2.48 bits per heavy atom. The summed E-state index contributed by atoms with van der Waals surface area (Å²) in [7, 11) is -3.96. The van der Waals surface area contributed by atoms with Crippen LogP contribution in [0.3, 0.4) is 0 Å². The van der Waals surface area contributed by atoms with E-state index in [4.69, 9.17) is 4.42 Å². The monoisotopic (exact) mass is 571 g/mol. The van der Waals surface area contributed by atoms with Crippen LogP contribution in [0.15, 0.2) is 59.3 Å². The molecular formula is C26H27F2N7O4S. The van der Waals surface area contributed by atoms with Gasteiger partial charge in [-0.3, -0.25) is 9.10 Å². The van der Waals surface area contributed by atoms with E-state index in [2.05, 4.69) is 15.2 Å². The zero-order chi connectivity index (χ0) is 27.9. The molecule has 1 aromatic carbocycles. The number of rotatable bonds is 8. The molecule has 1 amide bonds. The molecule has 11 nitrogen and oxygen atoms in total. The first-order valence-electron chi connectivity index (χ1n) is 13.0. The minimum atomic E-state index is -3.96. The van der Waals surface area contributed by atoms with Gasteiger partial charge in [0.15, 0.2) is 0 Å². The molecular weight excluding hydrogens is 544 g/mol. The Labute approximate surface area is 229 Å². The molecule has 0 N–H and O–H groups in total. The van der Waals surface area contributed by atoms with Crippen LogP contribution >= 0.6 is 0 Å². The van der Waals surface area contributed by atoms with Crippen molar-refractivity contribution in [1.82, 2.24) is 28.8 Å². The van der Waals surface area contributed by atoms with Gasteiger partial charge in [-0.1, -0.05) is 24.6 Å². The van der Waals surface area contributed by atoms with Crippen LogP contribution < -0.4 is 4.31 Å². The number of para-hydroxylation sites is 1. The largest absolute Gasteiger partial charge is 0.415 e. The normalized spacial score (nSPS) is 16.9. The first kappa shape index (κ1) is 26.3. The van der Waals surface area contributed by atoms with Gasteiger partial charge in [0, 0.05) is 50.1 Å². The molecule has 14 heteroatoms. The number of halogens is 2. The van der Waals surface area contributed by atoms with Gasteiger partial charge < -0.3 is 13.7 Å². The van der Waals surface area contributed by atoms with Crippen LogP contribution in [0.4, 0.5) is 14.5 Å². The van der Waals surface area contributed by atoms with Crippen molar-refractivity contribution in [1.29, 1.82) is 0 Å². The maximum absolute atomic E-state index is 13.9. The second-order valence-corrected chi connectivity index (χ2v) is 11.7. The SMILES string of the molecule is O=C(C1CCC1)N1CCN(S(=O)(=O)N(Cc2cn3ccc(-c4nnc(C(F)F)o4)cc3n2)c2ccccc2)CC1. The number of benzene rings is 1. The summed E-state index contributed by atoms with van der Waals surface area (Å²) >= 11 is 0. The van der Waals surface area contributed by atoms with Gasteiger partial charge in [0.05, 0.1) is 17.9 Å². The Hall–Kier alpha value is -3.91. The molecule has 2 aliphatic rings. The second kappa shape index (κ2) is 10.6. The van der Waals surface area contributed by atoms with Crippen molar-refractivity contribution in [2.45, 2.75) is 32.2 Å². The van der Waals surface area contributed by atoms with Crippen LogP contribution in [0, 0.1) is 5.92 Å². The highest BCUT2D eigenvalue weighted by Crippen LogP contribution is 2.30. The van der Waals surface area contributed by atoms with E-state index in [9.17, 15) is 22.0 Å². The average Bonchev–Trinajstić information content (AvgIpc) is 3.58. The number of pyridine rings is 1. The van der Waals surface area contributed by atoms with Crippen LogP contribution in [0.25, 0.3) is 17.1 Å². The molecule has 0 radical (unpaired) electrons. The van der Waals surface area contributed by atoms with E-state index >= 15 is 0 Å². The molecule has 1 aliphatic carbocycles. The average molecular weight is 572 g/mol. The molecule has 0 unspecified atom stereocenters. The van der Waals surface area contributed by atoms with Gasteiger partial charge in [0.1, 0.15) is 5.65 Å². The molecule has 0 spiro atoms. The van der Waals surface area contributed by atoms with Crippen LogP contribution in [0.2, 0.25) is 0 Å². The number of amides is 1. The third-order valence-electron chi connectivity index (χ3n) is 7.34. The summed E-state index contributed by atoms with van der Waals surface area (Å²) in [6.45, 7) is 1.10. The van der Waals surface area contributed by atoms with Crippen molar-refractivity contribution in [2.75, 3.05) is 30.5 Å². The van der Waals surface area contributed by atoms with Gasteiger partial charge in [-0.05, 0) is 37.1 Å². The van der Waals surface area contributed by atoms with E-state index in [1.807, 2.05) is 6.07 Å². The number of piperazine rings is 1. The van der Waals surface area contributed by atoms with Crippen LogP contribution in [-0.4, -0.2) is 69.3 Å². The summed E-state index contributed by atoms with van der Waals surface area (Å²) in [4.78, 5) is 19.0. The fraction of sp³-hybridized carbons (Fsp3) is 0.385. The lowest BCUT2D eigenvalue weighted by Crippen LogP contribution is -2.55. The van der Waals surface area contributed by atoms with Crippen molar-refractivity contribution in [2.24, 2.45) is 5.92 Å². The maximum Gasteiger partial charge on any atom is 0.314 e. The minimum absolute atomic E-state index is 0.0410. The number of carbonyl (C=O) groups is 1. The predicted molar refractivity (Wildman–Crippen MR) is 140 cm³/mol. The topological polar surface area (TPSA) is 117 Å². The van der Waals surface area contributed by atoms with Crippen molar-refractivity contribution >= 4 is 27.5 Å². The summed E-state index contributed by atoms with van der Waals surface area (Å²) in [6.07, 6.45) is 3.37. The maximum atomic E-state index is 13.9. The molecule has 4 heterocycles. The lowest BCUT2D eigenvalue weighted by molar-refractivity contribution is -0.139. The highest BCUT2D eigenvalue weighted by molar-refractivity contribution is 7.90. The Balaban J connectivity index is 1.24. The third-order valence-corrected chi connectivity index (χ3v) is 9.26. The predicted octanol–water partition coefficient (Wildman–Crippen LogP) is 3.52. The summed E-state index contributed by atoms with van der Waals surface area (Å²) in [6, 6.07) is 12.0. The number of carbonyl (C=O) groups excluding carboxylic acids is 1. The van der Waals surface area contributed by atoms with Gasteiger partial charge in [0.2, 0.25) is 11.8 Å². The highest BCUT2D eigenvalue weighted by Gasteiger charge is 2.36. The molecule has 3 aromatic heterocycles. The Morgan fingerprint density at radius 2 is 1.82 bits per heavy atom. The smallest absolute Gasteiger partial charge is 0.314 e. The van der Waals surface area contributed by atoms with E-state index in [0.29, 0.717) is 35.7 Å². The Bertz CT molecular complexity index is 1610. The lowest BCUT2D eigenvalue weighted by Gasteiger charge is -2.39. The molecule has 1 saturated heterocycles. The number of nitrogens with zero attached hydrogens (tertiary/aromatic N) is 7. The molecule has 210 valence electrons. The summed E-state index contributed by atoms with van der Waals surface area (Å²) in [5.41, 5.74) is 1.82. The first-order chi connectivity index (χ1) is 19.3. The van der Waals surface area contributed by atoms with Crippen LogP contribution in [-0.2, 0) is 21.5 Å². The van der Waals surface area contributed by atoms with Crippen molar-refractivity contribution in [3.63, 3.8) is 0 Å². The number of hydrogen-bond acceptors (Lipinski definition) is 7. The van der Waals surface area contributed by atoms with Gasteiger partial charge in [-0.2, -0.15) is 21.5 Å². The zero-order valence-electron chi connectivity index (χ0n) is 21.4. The van der Waals surface area contributed by atoms with E-state index in [0.717, 1.165) is 19.3 Å². The number of aromatic nitrogens is 4. The number of anilines is 1. The molecule has 40 heavy (non-hydrogen) atoms. The number of alkyl halides is 2. The van der Waals surface area contributed by atoms with Gasteiger partial charge in [-0.25, -0.2) is 4.98 Å². The van der Waals surface area contributed by atoms with E-state index in [1.165, 1.54) is 8.61 Å². The standard InChI is InChI=1S/C26H27F2N7O4S/c27-23(28)25-31-30-24(39-25)19-9-10-33-16-20(29-22(33)15-19)17-35(21-7-2-1-3-8-21)40(37,38)34-13-11-32(12-14-34)26(36)18-5-4-6-18/h1-3,7-10,15-16,18,23H,4-6,11-14,17H2. The van der Waals surface area contributed by atoms with Crippen molar-refractivity contribution in [3.05, 3.63) is 66.4 Å². The fourth-order valence-corrected chi connectivity index (χ4v) is 6.51. The van der Waals surface area contributed by atoms with Gasteiger partial charge in [0.25, 0.3) is 5.89 Å². The van der Waals surface area contributed by atoms with E-state index in [1.54, 1.807) is 58.1 Å². The van der Waals surface area contributed by atoms with E-state index in [-0.39, 0.29) is 37.4 Å². The van der Waals surface area contributed by atoms with Crippen LogP contribution in [0.5, 0.6) is 0 Å².